The second kappa shape index (κ2) is 9.17. The summed E-state index contributed by atoms with van der Waals surface area (Å²) in [6, 6.07) is 7.98. The van der Waals surface area contributed by atoms with Gasteiger partial charge in [-0.25, -0.2) is 4.68 Å². The van der Waals surface area contributed by atoms with Gasteiger partial charge in [-0.15, -0.1) is 17.5 Å². The van der Waals surface area contributed by atoms with Crippen LogP contribution < -0.4 is 10.6 Å². The number of carbonyl (C=O) groups excluding carboxylic acids is 1. The third-order valence-corrected chi connectivity index (χ3v) is 4.80. The van der Waals surface area contributed by atoms with Crippen LogP contribution in [0.15, 0.2) is 24.3 Å². The van der Waals surface area contributed by atoms with Crippen LogP contribution in [-0.2, 0) is 6.42 Å². The molecule has 0 aliphatic carbocycles. The summed E-state index contributed by atoms with van der Waals surface area (Å²) in [5.74, 6) is -0.181. The van der Waals surface area contributed by atoms with E-state index >= 15 is 0 Å². The predicted octanol–water partition coefficient (Wildman–Crippen LogP) is 2.56. The summed E-state index contributed by atoms with van der Waals surface area (Å²) in [7, 11) is 0. The van der Waals surface area contributed by atoms with Gasteiger partial charge < -0.3 is 10.6 Å². The zero-order chi connectivity index (χ0) is 16.9. The summed E-state index contributed by atoms with van der Waals surface area (Å²) in [4.78, 5) is 12.4. The fourth-order valence-corrected chi connectivity index (χ4v) is 3.27. The summed E-state index contributed by atoms with van der Waals surface area (Å²) in [5.41, 5.74) is 2.26. The third-order valence-electron chi connectivity index (χ3n) is 4.43. The minimum Gasteiger partial charge on any atom is -0.350 e. The number of halogens is 2. The molecule has 1 aromatic carbocycles. The number of nitrogens with one attached hydrogen (secondary N) is 2. The number of benzene rings is 1. The molecular formula is C17H23Cl2N5O. The molecule has 0 atom stereocenters. The fraction of sp³-hybridized carbons (Fsp3) is 0.471. The third kappa shape index (κ3) is 4.71. The first-order valence-corrected chi connectivity index (χ1v) is 8.68. The first kappa shape index (κ1) is 19.7. The molecule has 1 aromatic heterocycles. The van der Waals surface area contributed by atoms with Crippen molar-refractivity contribution < 1.29 is 4.79 Å². The van der Waals surface area contributed by atoms with Crippen LogP contribution in [-0.4, -0.2) is 40.5 Å². The Labute approximate surface area is 158 Å². The summed E-state index contributed by atoms with van der Waals surface area (Å²) in [5, 5.41) is 15.2. The maximum Gasteiger partial charge on any atom is 0.273 e. The quantitative estimate of drug-likeness (QED) is 0.831. The van der Waals surface area contributed by atoms with Gasteiger partial charge in [0.1, 0.15) is 0 Å². The molecule has 3 rings (SSSR count). The molecule has 0 spiro atoms. The van der Waals surface area contributed by atoms with Crippen molar-refractivity contribution in [2.45, 2.75) is 32.2 Å². The minimum absolute atomic E-state index is 0. The molecule has 2 aromatic rings. The van der Waals surface area contributed by atoms with E-state index in [-0.39, 0.29) is 18.3 Å². The summed E-state index contributed by atoms with van der Waals surface area (Å²) < 4.78 is 1.89. The minimum atomic E-state index is -0.181. The maximum atomic E-state index is 12.4. The van der Waals surface area contributed by atoms with Crippen molar-refractivity contribution >= 4 is 29.9 Å². The van der Waals surface area contributed by atoms with E-state index in [0.29, 0.717) is 24.7 Å². The topological polar surface area (TPSA) is 71.8 Å². The number of amides is 1. The number of carbonyl (C=O) groups is 1. The highest BCUT2D eigenvalue weighted by atomic mass is 35.5. The number of nitrogens with zero attached hydrogens (tertiary/aromatic N) is 3. The lowest BCUT2D eigenvalue weighted by Gasteiger charge is -2.23. The van der Waals surface area contributed by atoms with Crippen LogP contribution in [0.2, 0.25) is 5.02 Å². The Morgan fingerprint density at radius 2 is 2.08 bits per heavy atom. The lowest BCUT2D eigenvalue weighted by molar-refractivity contribution is 0.0948. The van der Waals surface area contributed by atoms with Crippen molar-refractivity contribution in [1.82, 2.24) is 25.6 Å². The Bertz CT molecular complexity index is 713. The fourth-order valence-electron chi connectivity index (χ4n) is 3.04. The monoisotopic (exact) mass is 383 g/mol. The molecule has 136 valence electrons. The molecule has 0 bridgehead atoms. The molecule has 0 saturated carbocycles. The molecule has 25 heavy (non-hydrogen) atoms. The second-order valence-electron chi connectivity index (χ2n) is 6.05. The van der Waals surface area contributed by atoms with Gasteiger partial charge in [-0.1, -0.05) is 35.0 Å². The molecule has 1 amide bonds. The largest absolute Gasteiger partial charge is 0.350 e. The van der Waals surface area contributed by atoms with E-state index in [0.717, 1.165) is 42.2 Å². The van der Waals surface area contributed by atoms with E-state index in [1.807, 2.05) is 35.9 Å². The Kier molecular flexibility index (Phi) is 7.23. The zero-order valence-corrected chi connectivity index (χ0v) is 15.7. The highest BCUT2D eigenvalue weighted by molar-refractivity contribution is 6.31. The van der Waals surface area contributed by atoms with Gasteiger partial charge in [0, 0.05) is 11.6 Å². The van der Waals surface area contributed by atoms with E-state index in [1.165, 1.54) is 0 Å². The van der Waals surface area contributed by atoms with Crippen LogP contribution in [0.1, 0.15) is 40.6 Å². The van der Waals surface area contributed by atoms with Crippen LogP contribution >= 0.6 is 24.0 Å². The number of hydrogen-bond donors (Lipinski definition) is 2. The van der Waals surface area contributed by atoms with Crippen molar-refractivity contribution in [2.75, 3.05) is 19.6 Å². The Morgan fingerprint density at radius 1 is 1.36 bits per heavy atom. The Hall–Kier alpha value is -1.63. The van der Waals surface area contributed by atoms with Crippen LogP contribution in [0.5, 0.6) is 0 Å². The van der Waals surface area contributed by atoms with E-state index < -0.39 is 0 Å². The lowest BCUT2D eigenvalue weighted by Crippen LogP contribution is -2.30. The Balaban J connectivity index is 0.00000225. The summed E-state index contributed by atoms with van der Waals surface area (Å²) in [6.45, 7) is 4.37. The Morgan fingerprint density at radius 3 is 2.80 bits per heavy atom. The average molecular weight is 384 g/mol. The number of aromatic nitrogens is 3. The van der Waals surface area contributed by atoms with Crippen LogP contribution in [0, 0.1) is 6.92 Å². The van der Waals surface area contributed by atoms with Crippen molar-refractivity contribution in [3.8, 4) is 0 Å². The maximum absolute atomic E-state index is 12.4. The highest BCUT2D eigenvalue weighted by Crippen LogP contribution is 2.20. The molecule has 0 unspecified atom stereocenters. The predicted molar refractivity (Wildman–Crippen MR) is 101 cm³/mol. The molecule has 2 N–H and O–H groups in total. The molecule has 1 saturated heterocycles. The van der Waals surface area contributed by atoms with E-state index in [4.69, 9.17) is 11.6 Å². The van der Waals surface area contributed by atoms with Crippen LogP contribution in [0.4, 0.5) is 0 Å². The SMILES string of the molecule is Cc1c(C(=O)NCCc2ccccc2Cl)nnn1C1CCNCC1.Cl. The van der Waals surface area contributed by atoms with Crippen molar-refractivity contribution in [3.63, 3.8) is 0 Å². The molecule has 0 radical (unpaired) electrons. The van der Waals surface area contributed by atoms with Gasteiger partial charge in [0.15, 0.2) is 5.69 Å². The average Bonchev–Trinajstić information content (AvgIpc) is 2.99. The molecule has 1 fully saturated rings. The number of piperidine rings is 1. The summed E-state index contributed by atoms with van der Waals surface area (Å²) in [6.07, 6.45) is 2.71. The first-order chi connectivity index (χ1) is 11.7. The van der Waals surface area contributed by atoms with Crippen molar-refractivity contribution in [3.05, 3.63) is 46.2 Å². The molecule has 1 aliphatic rings. The van der Waals surface area contributed by atoms with Gasteiger partial charge >= 0.3 is 0 Å². The van der Waals surface area contributed by atoms with Gasteiger partial charge in [-0.05, 0) is 50.9 Å². The van der Waals surface area contributed by atoms with E-state index in [1.54, 1.807) is 0 Å². The molecule has 2 heterocycles. The van der Waals surface area contributed by atoms with Crippen LogP contribution in [0.3, 0.4) is 0 Å². The lowest BCUT2D eigenvalue weighted by atomic mass is 10.1. The van der Waals surface area contributed by atoms with Crippen molar-refractivity contribution in [1.29, 1.82) is 0 Å². The first-order valence-electron chi connectivity index (χ1n) is 8.31. The molecular weight excluding hydrogens is 361 g/mol. The zero-order valence-electron chi connectivity index (χ0n) is 14.2. The van der Waals surface area contributed by atoms with Gasteiger partial charge in [0.05, 0.1) is 11.7 Å². The van der Waals surface area contributed by atoms with Crippen LogP contribution in [0.25, 0.3) is 0 Å². The molecule has 6 nitrogen and oxygen atoms in total. The second-order valence-corrected chi connectivity index (χ2v) is 6.45. The highest BCUT2D eigenvalue weighted by Gasteiger charge is 2.22. The van der Waals surface area contributed by atoms with Gasteiger partial charge in [-0.2, -0.15) is 0 Å². The number of rotatable bonds is 5. The van der Waals surface area contributed by atoms with Gasteiger partial charge in [-0.3, -0.25) is 4.79 Å². The van der Waals surface area contributed by atoms with Crippen molar-refractivity contribution in [2.24, 2.45) is 0 Å². The number of hydrogen-bond acceptors (Lipinski definition) is 4. The molecule has 1 aliphatic heterocycles. The van der Waals surface area contributed by atoms with E-state index in [2.05, 4.69) is 20.9 Å². The standard InChI is InChI=1S/C17H22ClN5O.ClH/c1-12-16(21-22-23(12)14-7-9-19-10-8-14)17(24)20-11-6-13-4-2-3-5-15(13)18;/h2-5,14,19H,6-11H2,1H3,(H,20,24);1H. The van der Waals surface area contributed by atoms with E-state index in [9.17, 15) is 4.79 Å². The molecule has 8 heteroatoms. The van der Waals surface area contributed by atoms with Gasteiger partial charge in [0.2, 0.25) is 0 Å². The van der Waals surface area contributed by atoms with Gasteiger partial charge in [0.25, 0.3) is 5.91 Å². The normalized spacial score (nSPS) is 14.8. The summed E-state index contributed by atoms with van der Waals surface area (Å²) >= 11 is 6.13. The smallest absolute Gasteiger partial charge is 0.273 e.